The van der Waals surface area contributed by atoms with Crippen LogP contribution < -0.4 is 5.32 Å². The van der Waals surface area contributed by atoms with Crippen molar-refractivity contribution in [3.63, 3.8) is 0 Å². The number of thiazole rings is 1. The van der Waals surface area contributed by atoms with Gasteiger partial charge in [-0.25, -0.2) is 4.98 Å². The molecule has 150 valence electrons. The molecule has 0 fully saturated rings. The fraction of sp³-hybridized carbons (Fsp3) is 0.167. The van der Waals surface area contributed by atoms with Crippen molar-refractivity contribution in [2.24, 2.45) is 0 Å². The summed E-state index contributed by atoms with van der Waals surface area (Å²) in [5.74, 6) is -0.170. The molecule has 6 heteroatoms. The Labute approximate surface area is 179 Å². The molecule has 0 bridgehead atoms. The number of rotatable bonds is 5. The van der Waals surface area contributed by atoms with Crippen LogP contribution >= 0.6 is 11.3 Å². The highest BCUT2D eigenvalue weighted by Crippen LogP contribution is 2.29. The second kappa shape index (κ2) is 8.55. The fourth-order valence-corrected chi connectivity index (χ4v) is 4.32. The molecule has 0 saturated heterocycles. The Morgan fingerprint density at radius 1 is 1.00 bits per heavy atom. The monoisotopic (exact) mass is 414 g/mol. The number of carbonyl (C=O) groups is 1. The first-order chi connectivity index (χ1) is 14.5. The van der Waals surface area contributed by atoms with Gasteiger partial charge in [-0.15, -0.1) is 11.3 Å². The number of nitrogens with one attached hydrogen (secondary N) is 1. The SMILES string of the molecule is Cc1cc(-c2ncc(CNC(=O)c3nc(C)c(-c4ccccc4)s3)cc2C)ccn1. The Balaban J connectivity index is 1.46. The molecule has 0 saturated carbocycles. The van der Waals surface area contributed by atoms with Crippen molar-refractivity contribution in [1.29, 1.82) is 0 Å². The Hall–Kier alpha value is -3.38. The molecule has 0 spiro atoms. The Kier molecular flexibility index (Phi) is 5.68. The summed E-state index contributed by atoms with van der Waals surface area (Å²) in [6.07, 6.45) is 3.60. The normalized spacial score (nSPS) is 10.8. The van der Waals surface area contributed by atoms with Gasteiger partial charge >= 0.3 is 0 Å². The average molecular weight is 415 g/mol. The number of aryl methyl sites for hydroxylation is 3. The lowest BCUT2D eigenvalue weighted by atomic mass is 10.1. The van der Waals surface area contributed by atoms with E-state index in [2.05, 4.69) is 26.3 Å². The van der Waals surface area contributed by atoms with Gasteiger partial charge in [0.1, 0.15) is 0 Å². The Morgan fingerprint density at radius 2 is 1.80 bits per heavy atom. The molecule has 1 N–H and O–H groups in total. The molecule has 0 unspecified atom stereocenters. The fourth-order valence-electron chi connectivity index (χ4n) is 3.33. The molecular weight excluding hydrogens is 392 g/mol. The standard InChI is InChI=1S/C24H22N4OS/c1-15-11-18(13-26-21(15)20-9-10-25-16(2)12-20)14-27-23(29)24-28-17(3)22(30-24)19-7-5-4-6-8-19/h4-13H,14H2,1-3H3,(H,27,29). The van der Waals surface area contributed by atoms with Crippen molar-refractivity contribution in [3.8, 4) is 21.7 Å². The van der Waals surface area contributed by atoms with Gasteiger partial charge in [0.15, 0.2) is 5.01 Å². The predicted molar refractivity (Wildman–Crippen MR) is 120 cm³/mol. The second-order valence-electron chi connectivity index (χ2n) is 7.18. The second-order valence-corrected chi connectivity index (χ2v) is 8.18. The minimum atomic E-state index is -0.170. The first kappa shape index (κ1) is 19.9. The predicted octanol–water partition coefficient (Wildman–Crippen LogP) is 5.12. The van der Waals surface area contributed by atoms with E-state index < -0.39 is 0 Å². The van der Waals surface area contributed by atoms with Gasteiger partial charge in [-0.1, -0.05) is 36.4 Å². The van der Waals surface area contributed by atoms with E-state index in [-0.39, 0.29) is 5.91 Å². The summed E-state index contributed by atoms with van der Waals surface area (Å²) in [6, 6.07) is 16.0. The lowest BCUT2D eigenvalue weighted by Crippen LogP contribution is -2.22. The molecule has 0 aliphatic rings. The number of hydrogen-bond donors (Lipinski definition) is 1. The van der Waals surface area contributed by atoms with E-state index in [0.29, 0.717) is 11.6 Å². The van der Waals surface area contributed by atoms with Gasteiger partial charge in [0.05, 0.1) is 16.3 Å². The number of nitrogens with zero attached hydrogens (tertiary/aromatic N) is 3. The molecule has 30 heavy (non-hydrogen) atoms. The van der Waals surface area contributed by atoms with Crippen LogP contribution in [0, 0.1) is 20.8 Å². The lowest BCUT2D eigenvalue weighted by molar-refractivity contribution is 0.0950. The van der Waals surface area contributed by atoms with E-state index in [0.717, 1.165) is 44.2 Å². The molecule has 3 heterocycles. The van der Waals surface area contributed by atoms with E-state index in [1.165, 1.54) is 11.3 Å². The van der Waals surface area contributed by atoms with Crippen LogP contribution in [0.2, 0.25) is 0 Å². The maximum Gasteiger partial charge on any atom is 0.280 e. The zero-order valence-electron chi connectivity index (χ0n) is 17.1. The van der Waals surface area contributed by atoms with Crippen molar-refractivity contribution >= 4 is 17.2 Å². The zero-order valence-corrected chi connectivity index (χ0v) is 18.0. The Bertz CT molecular complexity index is 1200. The molecule has 5 nitrogen and oxygen atoms in total. The van der Waals surface area contributed by atoms with E-state index in [9.17, 15) is 4.79 Å². The molecule has 0 atom stereocenters. The van der Waals surface area contributed by atoms with Crippen molar-refractivity contribution in [1.82, 2.24) is 20.3 Å². The molecule has 0 radical (unpaired) electrons. The smallest absolute Gasteiger partial charge is 0.280 e. The van der Waals surface area contributed by atoms with Gasteiger partial charge in [0, 0.05) is 30.2 Å². The number of carbonyl (C=O) groups excluding carboxylic acids is 1. The molecule has 0 aliphatic carbocycles. The minimum absolute atomic E-state index is 0.170. The van der Waals surface area contributed by atoms with Crippen LogP contribution in [-0.4, -0.2) is 20.9 Å². The van der Waals surface area contributed by atoms with Gasteiger partial charge < -0.3 is 5.32 Å². The molecular formula is C24H22N4OS. The summed E-state index contributed by atoms with van der Waals surface area (Å²) in [4.78, 5) is 27.0. The van der Waals surface area contributed by atoms with Gasteiger partial charge in [-0.3, -0.25) is 14.8 Å². The first-order valence-electron chi connectivity index (χ1n) is 9.71. The molecule has 1 amide bonds. The van der Waals surface area contributed by atoms with Crippen LogP contribution in [-0.2, 0) is 6.54 Å². The molecule has 1 aromatic carbocycles. The van der Waals surface area contributed by atoms with Crippen molar-refractivity contribution in [3.05, 3.63) is 88.4 Å². The van der Waals surface area contributed by atoms with Crippen molar-refractivity contribution in [2.45, 2.75) is 27.3 Å². The first-order valence-corrected chi connectivity index (χ1v) is 10.5. The van der Waals surface area contributed by atoms with Crippen LogP contribution in [0.25, 0.3) is 21.7 Å². The Morgan fingerprint density at radius 3 is 2.53 bits per heavy atom. The highest BCUT2D eigenvalue weighted by molar-refractivity contribution is 7.17. The number of amides is 1. The highest BCUT2D eigenvalue weighted by atomic mass is 32.1. The van der Waals surface area contributed by atoms with E-state index >= 15 is 0 Å². The maximum absolute atomic E-state index is 12.6. The van der Waals surface area contributed by atoms with Gasteiger partial charge in [0.25, 0.3) is 5.91 Å². The number of hydrogen-bond acceptors (Lipinski definition) is 5. The number of aromatic nitrogens is 3. The average Bonchev–Trinajstić information content (AvgIpc) is 3.14. The van der Waals surface area contributed by atoms with Crippen molar-refractivity contribution < 1.29 is 4.79 Å². The molecule has 4 aromatic rings. The van der Waals surface area contributed by atoms with Crippen LogP contribution in [0.3, 0.4) is 0 Å². The highest BCUT2D eigenvalue weighted by Gasteiger charge is 2.15. The van der Waals surface area contributed by atoms with Crippen LogP contribution in [0.4, 0.5) is 0 Å². The number of benzene rings is 1. The van der Waals surface area contributed by atoms with E-state index in [4.69, 9.17) is 0 Å². The molecule has 0 aliphatic heterocycles. The summed E-state index contributed by atoms with van der Waals surface area (Å²) in [5, 5.41) is 3.43. The topological polar surface area (TPSA) is 67.8 Å². The third-order valence-corrected chi connectivity index (χ3v) is 5.99. The van der Waals surface area contributed by atoms with E-state index in [1.807, 2.05) is 63.2 Å². The van der Waals surface area contributed by atoms with Gasteiger partial charge in [0.2, 0.25) is 0 Å². The summed E-state index contributed by atoms with van der Waals surface area (Å²) in [6.45, 7) is 6.33. The summed E-state index contributed by atoms with van der Waals surface area (Å²) in [7, 11) is 0. The summed E-state index contributed by atoms with van der Waals surface area (Å²) >= 11 is 1.42. The maximum atomic E-state index is 12.6. The number of pyridine rings is 2. The quantitative estimate of drug-likeness (QED) is 0.492. The van der Waals surface area contributed by atoms with E-state index in [1.54, 1.807) is 12.4 Å². The molecule has 3 aromatic heterocycles. The van der Waals surface area contributed by atoms with Gasteiger partial charge in [-0.2, -0.15) is 0 Å². The van der Waals surface area contributed by atoms with Gasteiger partial charge in [-0.05, 0) is 49.6 Å². The summed E-state index contributed by atoms with van der Waals surface area (Å²) in [5.41, 5.74) is 6.88. The molecule has 4 rings (SSSR count). The zero-order chi connectivity index (χ0) is 21.1. The van der Waals surface area contributed by atoms with Crippen LogP contribution in [0.15, 0.2) is 60.9 Å². The van der Waals surface area contributed by atoms with Crippen LogP contribution in [0.1, 0.15) is 32.3 Å². The van der Waals surface area contributed by atoms with Crippen molar-refractivity contribution in [2.75, 3.05) is 0 Å². The lowest BCUT2D eigenvalue weighted by Gasteiger charge is -2.09. The summed E-state index contributed by atoms with van der Waals surface area (Å²) < 4.78 is 0. The minimum Gasteiger partial charge on any atom is -0.346 e. The largest absolute Gasteiger partial charge is 0.346 e. The third kappa shape index (κ3) is 4.28. The third-order valence-electron chi connectivity index (χ3n) is 4.78. The van der Waals surface area contributed by atoms with Crippen LogP contribution in [0.5, 0.6) is 0 Å².